The molecule has 0 radical (unpaired) electrons. The van der Waals surface area contributed by atoms with E-state index in [1.54, 1.807) is 6.26 Å². The van der Waals surface area contributed by atoms with Crippen molar-refractivity contribution in [3.05, 3.63) is 41.6 Å². The van der Waals surface area contributed by atoms with Crippen LogP contribution < -0.4 is 10.6 Å². The van der Waals surface area contributed by atoms with Crippen LogP contribution in [0.3, 0.4) is 0 Å². The fourth-order valence-corrected chi connectivity index (χ4v) is 2.49. The lowest BCUT2D eigenvalue weighted by atomic mass is 10.3. The van der Waals surface area contributed by atoms with E-state index in [0.717, 1.165) is 62.9 Å². The van der Waals surface area contributed by atoms with E-state index < -0.39 is 0 Å². The SMILES string of the molecule is CCCN=C(NCCCn1nc(C)cc1C)NCCc1ccco1.I. The van der Waals surface area contributed by atoms with Gasteiger partial charge in [0.1, 0.15) is 5.76 Å². The molecule has 0 aliphatic heterocycles. The van der Waals surface area contributed by atoms with E-state index >= 15 is 0 Å². The standard InChI is InChI=1S/C18H29N5O.HI/c1-4-9-19-18(21-11-8-17-7-5-13-24-17)20-10-6-12-23-16(3)14-15(2)22-23;/h5,7,13-14H,4,6,8-12H2,1-3H3,(H2,19,20,21);1H. The lowest BCUT2D eigenvalue weighted by Crippen LogP contribution is -2.39. The van der Waals surface area contributed by atoms with E-state index in [2.05, 4.69) is 45.3 Å². The summed E-state index contributed by atoms with van der Waals surface area (Å²) in [6, 6.07) is 6.02. The number of aryl methyl sites for hydroxylation is 3. The quantitative estimate of drug-likeness (QED) is 0.262. The van der Waals surface area contributed by atoms with Crippen molar-refractivity contribution in [3.63, 3.8) is 0 Å². The molecule has 0 unspecified atom stereocenters. The smallest absolute Gasteiger partial charge is 0.191 e. The summed E-state index contributed by atoms with van der Waals surface area (Å²) in [7, 11) is 0. The van der Waals surface area contributed by atoms with Crippen LogP contribution in [0.25, 0.3) is 0 Å². The van der Waals surface area contributed by atoms with Crippen LogP contribution in [0, 0.1) is 13.8 Å². The highest BCUT2D eigenvalue weighted by molar-refractivity contribution is 14.0. The molecule has 0 amide bonds. The zero-order valence-corrected chi connectivity index (χ0v) is 17.7. The molecule has 0 saturated heterocycles. The predicted octanol–water partition coefficient (Wildman–Crippen LogP) is 3.29. The van der Waals surface area contributed by atoms with Gasteiger partial charge in [-0.05, 0) is 44.9 Å². The van der Waals surface area contributed by atoms with Crippen molar-refractivity contribution < 1.29 is 4.42 Å². The molecule has 0 aromatic carbocycles. The summed E-state index contributed by atoms with van der Waals surface area (Å²) in [5.74, 6) is 1.86. The summed E-state index contributed by atoms with van der Waals surface area (Å²) >= 11 is 0. The number of nitrogens with zero attached hydrogens (tertiary/aromatic N) is 3. The first kappa shape index (κ1) is 21.5. The molecule has 2 N–H and O–H groups in total. The van der Waals surface area contributed by atoms with Crippen LogP contribution in [-0.4, -0.2) is 35.4 Å². The van der Waals surface area contributed by atoms with Gasteiger partial charge in [0, 0.05) is 38.3 Å². The topological polar surface area (TPSA) is 67.4 Å². The maximum atomic E-state index is 5.35. The first-order valence-corrected chi connectivity index (χ1v) is 8.74. The Morgan fingerprint density at radius 3 is 2.72 bits per heavy atom. The summed E-state index contributed by atoms with van der Waals surface area (Å²) in [6.45, 7) is 9.67. The van der Waals surface area contributed by atoms with Gasteiger partial charge in [-0.15, -0.1) is 24.0 Å². The Morgan fingerprint density at radius 1 is 1.28 bits per heavy atom. The van der Waals surface area contributed by atoms with E-state index in [1.165, 1.54) is 5.69 Å². The monoisotopic (exact) mass is 459 g/mol. The van der Waals surface area contributed by atoms with E-state index in [4.69, 9.17) is 4.42 Å². The molecule has 0 bridgehead atoms. The van der Waals surface area contributed by atoms with Crippen molar-refractivity contribution in [1.29, 1.82) is 0 Å². The Hall–Kier alpha value is -1.51. The number of aromatic nitrogens is 2. The van der Waals surface area contributed by atoms with Crippen LogP contribution in [0.15, 0.2) is 33.9 Å². The Morgan fingerprint density at radius 2 is 2.08 bits per heavy atom. The average molecular weight is 459 g/mol. The van der Waals surface area contributed by atoms with Gasteiger partial charge in [-0.25, -0.2) is 0 Å². The van der Waals surface area contributed by atoms with Crippen LogP contribution >= 0.6 is 24.0 Å². The Balaban J connectivity index is 0.00000312. The number of halogens is 1. The highest BCUT2D eigenvalue weighted by atomic mass is 127. The molecule has 25 heavy (non-hydrogen) atoms. The molecule has 2 heterocycles. The summed E-state index contributed by atoms with van der Waals surface area (Å²) in [6.07, 6.45) is 4.61. The second-order valence-electron chi connectivity index (χ2n) is 5.92. The summed E-state index contributed by atoms with van der Waals surface area (Å²) in [4.78, 5) is 4.57. The number of rotatable bonds is 9. The van der Waals surface area contributed by atoms with Gasteiger partial charge in [0.05, 0.1) is 12.0 Å². The van der Waals surface area contributed by atoms with E-state index in [-0.39, 0.29) is 24.0 Å². The van der Waals surface area contributed by atoms with Gasteiger partial charge < -0.3 is 15.1 Å². The minimum atomic E-state index is 0. The van der Waals surface area contributed by atoms with E-state index in [0.29, 0.717) is 0 Å². The fourth-order valence-electron chi connectivity index (χ4n) is 2.49. The number of hydrogen-bond donors (Lipinski definition) is 2. The van der Waals surface area contributed by atoms with Crippen LogP contribution in [0.1, 0.15) is 36.9 Å². The van der Waals surface area contributed by atoms with Crippen molar-refractivity contribution in [2.45, 2.75) is 46.6 Å². The molecular weight excluding hydrogens is 429 g/mol. The number of hydrogen-bond acceptors (Lipinski definition) is 3. The van der Waals surface area contributed by atoms with Crippen LogP contribution in [0.5, 0.6) is 0 Å². The number of aliphatic imine (C=N–C) groups is 1. The van der Waals surface area contributed by atoms with Crippen LogP contribution in [0.4, 0.5) is 0 Å². The van der Waals surface area contributed by atoms with E-state index in [9.17, 15) is 0 Å². The molecule has 2 aromatic heterocycles. The van der Waals surface area contributed by atoms with Crippen molar-refractivity contribution in [1.82, 2.24) is 20.4 Å². The summed E-state index contributed by atoms with van der Waals surface area (Å²) in [5.41, 5.74) is 2.29. The molecule has 0 atom stereocenters. The molecule has 0 saturated carbocycles. The van der Waals surface area contributed by atoms with Gasteiger partial charge >= 0.3 is 0 Å². The average Bonchev–Trinajstić information content (AvgIpc) is 3.18. The number of furan rings is 1. The summed E-state index contributed by atoms with van der Waals surface area (Å²) in [5, 5.41) is 11.2. The van der Waals surface area contributed by atoms with Crippen molar-refractivity contribution in [2.75, 3.05) is 19.6 Å². The molecule has 0 spiro atoms. The maximum absolute atomic E-state index is 5.35. The van der Waals surface area contributed by atoms with Gasteiger partial charge in [0.15, 0.2) is 5.96 Å². The molecule has 0 aliphatic carbocycles. The second kappa shape index (κ2) is 11.9. The third kappa shape index (κ3) is 7.94. The highest BCUT2D eigenvalue weighted by Crippen LogP contribution is 2.02. The molecule has 7 heteroatoms. The number of guanidine groups is 1. The predicted molar refractivity (Wildman–Crippen MR) is 113 cm³/mol. The fraction of sp³-hybridized carbons (Fsp3) is 0.556. The van der Waals surface area contributed by atoms with Crippen molar-refractivity contribution in [3.8, 4) is 0 Å². The molecule has 2 rings (SSSR count). The molecule has 2 aromatic rings. The summed E-state index contributed by atoms with van der Waals surface area (Å²) < 4.78 is 7.41. The molecule has 0 fully saturated rings. The molecule has 6 nitrogen and oxygen atoms in total. The highest BCUT2D eigenvalue weighted by Gasteiger charge is 2.02. The van der Waals surface area contributed by atoms with Crippen molar-refractivity contribution in [2.24, 2.45) is 4.99 Å². The first-order chi connectivity index (χ1) is 11.7. The second-order valence-corrected chi connectivity index (χ2v) is 5.92. The Kier molecular flexibility index (Phi) is 10.3. The van der Waals surface area contributed by atoms with E-state index in [1.807, 2.05) is 19.1 Å². The lowest BCUT2D eigenvalue weighted by molar-refractivity contribution is 0.506. The van der Waals surface area contributed by atoms with Crippen molar-refractivity contribution >= 4 is 29.9 Å². The van der Waals surface area contributed by atoms with Crippen LogP contribution in [-0.2, 0) is 13.0 Å². The zero-order valence-electron chi connectivity index (χ0n) is 15.4. The first-order valence-electron chi connectivity index (χ1n) is 8.74. The third-order valence-electron chi connectivity index (χ3n) is 3.68. The van der Waals surface area contributed by atoms with Gasteiger partial charge in [-0.1, -0.05) is 6.92 Å². The molecular formula is C18H30IN5O. The maximum Gasteiger partial charge on any atom is 0.191 e. The molecule has 140 valence electrons. The third-order valence-corrected chi connectivity index (χ3v) is 3.68. The van der Waals surface area contributed by atoms with Gasteiger partial charge in [-0.3, -0.25) is 9.67 Å². The Bertz CT molecular complexity index is 621. The largest absolute Gasteiger partial charge is 0.469 e. The molecule has 0 aliphatic rings. The Labute approximate surface area is 167 Å². The van der Waals surface area contributed by atoms with Gasteiger partial charge in [-0.2, -0.15) is 5.10 Å². The minimum Gasteiger partial charge on any atom is -0.469 e. The minimum absolute atomic E-state index is 0. The zero-order chi connectivity index (χ0) is 17.2. The van der Waals surface area contributed by atoms with Gasteiger partial charge in [0.2, 0.25) is 0 Å². The van der Waals surface area contributed by atoms with Gasteiger partial charge in [0.25, 0.3) is 0 Å². The number of nitrogens with one attached hydrogen (secondary N) is 2. The lowest BCUT2D eigenvalue weighted by Gasteiger charge is -2.12. The van der Waals surface area contributed by atoms with Crippen LogP contribution in [0.2, 0.25) is 0 Å². The normalized spacial score (nSPS) is 11.2.